The van der Waals surface area contributed by atoms with Gasteiger partial charge in [-0.3, -0.25) is 0 Å². The van der Waals surface area contributed by atoms with Crippen molar-refractivity contribution in [2.45, 2.75) is 20.0 Å². The van der Waals surface area contributed by atoms with Gasteiger partial charge in [-0.05, 0) is 37.6 Å². The molecule has 0 amide bonds. The Morgan fingerprint density at radius 1 is 1.24 bits per heavy atom. The van der Waals surface area contributed by atoms with E-state index < -0.39 is 11.9 Å². The summed E-state index contributed by atoms with van der Waals surface area (Å²) in [4.78, 5) is 5.10. The summed E-state index contributed by atoms with van der Waals surface area (Å²) in [5.41, 5.74) is 7.21. The Morgan fingerprint density at radius 3 is 2.52 bits per heavy atom. The molecule has 2 aromatic rings. The van der Waals surface area contributed by atoms with Crippen LogP contribution in [0.5, 0.6) is 0 Å². The predicted octanol–water partition coefficient (Wildman–Crippen LogP) is 4.15. The molecule has 0 fully saturated rings. The Labute approximate surface area is 121 Å². The molecule has 3 nitrogen and oxygen atoms in total. The monoisotopic (exact) mass is 295 g/mol. The van der Waals surface area contributed by atoms with Crippen LogP contribution in [0.2, 0.25) is 0 Å². The van der Waals surface area contributed by atoms with Gasteiger partial charge in [0, 0.05) is 12.2 Å². The van der Waals surface area contributed by atoms with Crippen LogP contribution in [-0.2, 0) is 6.18 Å². The van der Waals surface area contributed by atoms with Crippen LogP contribution in [0.15, 0.2) is 36.5 Å². The molecular weight excluding hydrogens is 279 g/mol. The molecule has 0 bridgehead atoms. The maximum Gasteiger partial charge on any atom is 0.433 e. The van der Waals surface area contributed by atoms with E-state index in [1.165, 1.54) is 0 Å². The van der Waals surface area contributed by atoms with Crippen LogP contribution in [0.4, 0.5) is 30.2 Å². The lowest BCUT2D eigenvalue weighted by Gasteiger charge is -2.25. The summed E-state index contributed by atoms with van der Waals surface area (Å²) in [7, 11) is 0. The molecule has 0 unspecified atom stereocenters. The van der Waals surface area contributed by atoms with Gasteiger partial charge in [-0.25, -0.2) is 4.98 Å². The number of anilines is 3. The lowest BCUT2D eigenvalue weighted by atomic mass is 10.1. The molecule has 6 heteroatoms. The number of halogens is 3. The Bertz CT molecular complexity index is 638. The lowest BCUT2D eigenvalue weighted by molar-refractivity contribution is -0.141. The van der Waals surface area contributed by atoms with E-state index in [2.05, 4.69) is 4.98 Å². The van der Waals surface area contributed by atoms with Crippen LogP contribution in [0.25, 0.3) is 0 Å². The molecule has 0 aliphatic rings. The summed E-state index contributed by atoms with van der Waals surface area (Å²) in [5.74, 6) is 0. The van der Waals surface area contributed by atoms with E-state index in [0.29, 0.717) is 12.2 Å². The molecule has 0 saturated carbocycles. The molecule has 0 saturated heterocycles. The fraction of sp³-hybridized carbons (Fsp3) is 0.267. The van der Waals surface area contributed by atoms with Gasteiger partial charge >= 0.3 is 6.18 Å². The zero-order valence-electron chi connectivity index (χ0n) is 11.8. The van der Waals surface area contributed by atoms with Crippen molar-refractivity contribution >= 4 is 17.1 Å². The van der Waals surface area contributed by atoms with Crippen molar-refractivity contribution in [1.29, 1.82) is 0 Å². The number of hydrogen-bond acceptors (Lipinski definition) is 3. The third-order valence-electron chi connectivity index (χ3n) is 3.12. The summed E-state index contributed by atoms with van der Waals surface area (Å²) < 4.78 is 38.4. The molecule has 1 aromatic carbocycles. The summed E-state index contributed by atoms with van der Waals surface area (Å²) in [6.07, 6.45) is -3.44. The number of alkyl halides is 3. The smallest absolute Gasteiger partial charge is 0.396 e. The Balaban J connectivity index is 2.52. The van der Waals surface area contributed by atoms with Gasteiger partial charge in [0.05, 0.1) is 17.6 Å². The van der Waals surface area contributed by atoms with Gasteiger partial charge in [0.25, 0.3) is 0 Å². The number of nitrogens with two attached hydrogens (primary N) is 1. The number of rotatable bonds is 3. The maximum atomic E-state index is 12.8. The molecule has 0 aliphatic heterocycles. The van der Waals surface area contributed by atoms with Gasteiger partial charge in [0.15, 0.2) is 0 Å². The first-order chi connectivity index (χ1) is 9.82. The van der Waals surface area contributed by atoms with E-state index >= 15 is 0 Å². The summed E-state index contributed by atoms with van der Waals surface area (Å²) in [6, 6.07) is 8.51. The van der Waals surface area contributed by atoms with Gasteiger partial charge in [-0.1, -0.05) is 12.1 Å². The van der Waals surface area contributed by atoms with Crippen LogP contribution in [-0.4, -0.2) is 11.5 Å². The highest BCUT2D eigenvalue weighted by molar-refractivity contribution is 5.74. The van der Waals surface area contributed by atoms with Gasteiger partial charge < -0.3 is 10.6 Å². The van der Waals surface area contributed by atoms with Crippen LogP contribution in [0, 0.1) is 6.92 Å². The summed E-state index contributed by atoms with van der Waals surface area (Å²) in [6.45, 7) is 4.28. The molecule has 112 valence electrons. The maximum absolute atomic E-state index is 12.8. The number of hydrogen-bond donors (Lipinski definition) is 1. The van der Waals surface area contributed by atoms with E-state index in [0.717, 1.165) is 23.5 Å². The van der Waals surface area contributed by atoms with E-state index in [9.17, 15) is 13.2 Å². The fourth-order valence-electron chi connectivity index (χ4n) is 2.13. The summed E-state index contributed by atoms with van der Waals surface area (Å²) in [5, 5.41) is 0. The fourth-order valence-corrected chi connectivity index (χ4v) is 2.13. The summed E-state index contributed by atoms with van der Waals surface area (Å²) >= 11 is 0. The van der Waals surface area contributed by atoms with Crippen LogP contribution >= 0.6 is 0 Å². The number of aromatic nitrogens is 1. The minimum Gasteiger partial charge on any atom is -0.396 e. The third-order valence-corrected chi connectivity index (χ3v) is 3.12. The van der Waals surface area contributed by atoms with Gasteiger partial charge in [-0.15, -0.1) is 0 Å². The Kier molecular flexibility index (Phi) is 4.06. The second-order valence-electron chi connectivity index (χ2n) is 4.71. The minimum atomic E-state index is -4.49. The van der Waals surface area contributed by atoms with Crippen molar-refractivity contribution in [3.05, 3.63) is 47.8 Å². The second-order valence-corrected chi connectivity index (χ2v) is 4.71. The van der Waals surface area contributed by atoms with Crippen LogP contribution in [0.1, 0.15) is 18.2 Å². The first-order valence-electron chi connectivity index (χ1n) is 6.50. The van der Waals surface area contributed by atoms with E-state index in [-0.39, 0.29) is 5.69 Å². The second kappa shape index (κ2) is 5.63. The zero-order valence-corrected chi connectivity index (χ0v) is 11.8. The van der Waals surface area contributed by atoms with Crippen molar-refractivity contribution < 1.29 is 13.2 Å². The average Bonchev–Trinajstić information content (AvgIpc) is 2.40. The van der Waals surface area contributed by atoms with Crippen molar-refractivity contribution in [2.24, 2.45) is 0 Å². The number of nitrogen functional groups attached to an aromatic ring is 1. The van der Waals surface area contributed by atoms with Gasteiger partial charge in [-0.2, -0.15) is 13.2 Å². The average molecular weight is 295 g/mol. The minimum absolute atomic E-state index is 0.214. The Hall–Kier alpha value is -2.24. The largest absolute Gasteiger partial charge is 0.433 e. The highest BCUT2D eigenvalue weighted by Crippen LogP contribution is 2.35. The highest BCUT2D eigenvalue weighted by atomic mass is 19.4. The predicted molar refractivity (Wildman–Crippen MR) is 77.5 cm³/mol. The zero-order chi connectivity index (χ0) is 15.6. The molecule has 2 N–H and O–H groups in total. The van der Waals surface area contributed by atoms with Crippen LogP contribution < -0.4 is 10.6 Å². The molecule has 0 radical (unpaired) electrons. The third kappa shape index (κ3) is 3.26. The molecular formula is C15H16F3N3. The molecule has 1 aromatic heterocycles. The molecule has 0 aliphatic carbocycles. The number of aryl methyl sites for hydroxylation is 1. The van der Waals surface area contributed by atoms with Crippen molar-refractivity contribution in [3.8, 4) is 0 Å². The van der Waals surface area contributed by atoms with E-state index in [1.807, 2.05) is 38.1 Å². The molecule has 21 heavy (non-hydrogen) atoms. The van der Waals surface area contributed by atoms with Crippen molar-refractivity contribution in [2.75, 3.05) is 17.2 Å². The lowest BCUT2D eigenvalue weighted by Crippen LogP contribution is -2.19. The van der Waals surface area contributed by atoms with Crippen molar-refractivity contribution in [3.63, 3.8) is 0 Å². The topological polar surface area (TPSA) is 42.2 Å². The van der Waals surface area contributed by atoms with Gasteiger partial charge in [0.1, 0.15) is 5.69 Å². The van der Waals surface area contributed by atoms with Crippen LogP contribution in [0.3, 0.4) is 0 Å². The number of pyridine rings is 1. The van der Waals surface area contributed by atoms with E-state index in [1.54, 1.807) is 4.90 Å². The highest BCUT2D eigenvalue weighted by Gasteiger charge is 2.33. The number of benzene rings is 1. The SMILES string of the molecule is CCN(c1cccc(C)c1)c1cc(C(F)(F)F)ncc1N. The standard InChI is InChI=1S/C15H16F3N3/c1-3-21(11-6-4-5-10(2)7-11)13-8-14(15(16,17)18)20-9-12(13)19/h4-9H,3,19H2,1-2H3. The van der Waals surface area contributed by atoms with Crippen molar-refractivity contribution in [1.82, 2.24) is 4.98 Å². The van der Waals surface area contributed by atoms with E-state index in [4.69, 9.17) is 5.73 Å². The molecule has 0 atom stereocenters. The first-order valence-corrected chi connectivity index (χ1v) is 6.50. The molecule has 1 heterocycles. The Morgan fingerprint density at radius 2 is 1.95 bits per heavy atom. The van der Waals surface area contributed by atoms with Gasteiger partial charge in [0.2, 0.25) is 0 Å². The quantitative estimate of drug-likeness (QED) is 0.925. The normalized spacial score (nSPS) is 11.5. The molecule has 2 rings (SSSR count). The first kappa shape index (κ1) is 15.2. The number of nitrogens with zero attached hydrogens (tertiary/aromatic N) is 2. The molecule has 0 spiro atoms.